The quantitative estimate of drug-likeness (QED) is 0.626. The standard InChI is InChI=1S/C15H24N2O3/c1-18-8-3-9-19-10-11-20-15-5-2-4-14(17-15)12-16-13-6-7-13/h2,4-5,13,16H,3,6-12H2,1H3. The van der Waals surface area contributed by atoms with E-state index in [-0.39, 0.29) is 0 Å². The fourth-order valence-corrected chi connectivity index (χ4v) is 1.79. The van der Waals surface area contributed by atoms with Crippen LogP contribution in [0.4, 0.5) is 0 Å². The predicted molar refractivity (Wildman–Crippen MR) is 76.9 cm³/mol. The number of rotatable bonds is 11. The monoisotopic (exact) mass is 280 g/mol. The van der Waals surface area contributed by atoms with Crippen LogP contribution in [0.1, 0.15) is 25.0 Å². The Hall–Kier alpha value is -1.17. The van der Waals surface area contributed by atoms with E-state index in [9.17, 15) is 0 Å². The number of nitrogens with one attached hydrogen (secondary N) is 1. The van der Waals surface area contributed by atoms with Crippen molar-refractivity contribution in [3.05, 3.63) is 23.9 Å². The Balaban J connectivity index is 1.58. The molecular formula is C15H24N2O3. The van der Waals surface area contributed by atoms with Gasteiger partial charge in [-0.3, -0.25) is 0 Å². The third kappa shape index (κ3) is 6.32. The summed E-state index contributed by atoms with van der Waals surface area (Å²) in [6, 6.07) is 6.57. The number of methoxy groups -OCH3 is 1. The summed E-state index contributed by atoms with van der Waals surface area (Å²) >= 11 is 0. The fraction of sp³-hybridized carbons (Fsp3) is 0.667. The van der Waals surface area contributed by atoms with Crippen molar-refractivity contribution in [1.29, 1.82) is 0 Å². The van der Waals surface area contributed by atoms with Crippen LogP contribution < -0.4 is 10.1 Å². The molecule has 0 aliphatic heterocycles. The van der Waals surface area contributed by atoms with E-state index in [0.29, 0.717) is 31.7 Å². The Bertz CT molecular complexity index is 383. The number of aromatic nitrogens is 1. The van der Waals surface area contributed by atoms with Crippen LogP contribution >= 0.6 is 0 Å². The van der Waals surface area contributed by atoms with E-state index in [0.717, 1.165) is 25.3 Å². The van der Waals surface area contributed by atoms with Gasteiger partial charge in [0, 0.05) is 39.0 Å². The minimum atomic E-state index is 0.527. The fourth-order valence-electron chi connectivity index (χ4n) is 1.79. The molecule has 1 aromatic rings. The molecule has 0 radical (unpaired) electrons. The molecule has 1 aromatic heterocycles. The second-order valence-corrected chi connectivity index (χ2v) is 4.93. The Kier molecular flexibility index (Phi) is 6.77. The van der Waals surface area contributed by atoms with E-state index in [1.54, 1.807) is 7.11 Å². The summed E-state index contributed by atoms with van der Waals surface area (Å²) in [6.07, 6.45) is 3.49. The lowest BCUT2D eigenvalue weighted by atomic mass is 10.3. The third-order valence-electron chi connectivity index (χ3n) is 3.05. The maximum absolute atomic E-state index is 5.58. The second kappa shape index (κ2) is 8.89. The van der Waals surface area contributed by atoms with Crippen molar-refractivity contribution in [3.8, 4) is 5.88 Å². The van der Waals surface area contributed by atoms with Crippen LogP contribution in [0, 0.1) is 0 Å². The van der Waals surface area contributed by atoms with Crippen molar-refractivity contribution in [2.75, 3.05) is 33.5 Å². The minimum Gasteiger partial charge on any atom is -0.475 e. The summed E-state index contributed by atoms with van der Waals surface area (Å²) in [5.41, 5.74) is 1.02. The van der Waals surface area contributed by atoms with Crippen LogP contribution in [0.3, 0.4) is 0 Å². The van der Waals surface area contributed by atoms with Crippen LogP contribution in [-0.4, -0.2) is 44.6 Å². The SMILES string of the molecule is COCCCOCCOc1cccc(CNC2CC2)n1. The lowest BCUT2D eigenvalue weighted by molar-refractivity contribution is 0.0795. The molecule has 0 atom stereocenters. The first kappa shape index (κ1) is 15.2. The molecule has 1 aliphatic rings. The third-order valence-corrected chi connectivity index (χ3v) is 3.05. The number of ether oxygens (including phenoxy) is 3. The molecule has 1 heterocycles. The Morgan fingerprint density at radius 2 is 2.10 bits per heavy atom. The number of nitrogens with zero attached hydrogens (tertiary/aromatic N) is 1. The molecule has 1 saturated carbocycles. The maximum Gasteiger partial charge on any atom is 0.213 e. The highest BCUT2D eigenvalue weighted by atomic mass is 16.5. The molecule has 1 aliphatic carbocycles. The first-order valence-corrected chi connectivity index (χ1v) is 7.27. The Morgan fingerprint density at radius 3 is 2.90 bits per heavy atom. The molecule has 1 N–H and O–H groups in total. The smallest absolute Gasteiger partial charge is 0.213 e. The molecule has 20 heavy (non-hydrogen) atoms. The summed E-state index contributed by atoms with van der Waals surface area (Å²) in [5.74, 6) is 0.667. The highest BCUT2D eigenvalue weighted by Crippen LogP contribution is 2.19. The Morgan fingerprint density at radius 1 is 1.20 bits per heavy atom. The molecule has 0 amide bonds. The van der Waals surface area contributed by atoms with Gasteiger partial charge < -0.3 is 19.5 Å². The van der Waals surface area contributed by atoms with Crippen LogP contribution in [0.25, 0.3) is 0 Å². The van der Waals surface area contributed by atoms with E-state index >= 15 is 0 Å². The zero-order chi connectivity index (χ0) is 14.0. The van der Waals surface area contributed by atoms with Gasteiger partial charge in [0.15, 0.2) is 0 Å². The van der Waals surface area contributed by atoms with E-state index in [4.69, 9.17) is 14.2 Å². The van der Waals surface area contributed by atoms with Gasteiger partial charge in [0.25, 0.3) is 0 Å². The van der Waals surface area contributed by atoms with Gasteiger partial charge >= 0.3 is 0 Å². The van der Waals surface area contributed by atoms with E-state index in [2.05, 4.69) is 10.3 Å². The molecule has 1 fully saturated rings. The molecule has 0 unspecified atom stereocenters. The van der Waals surface area contributed by atoms with Crippen LogP contribution in [-0.2, 0) is 16.0 Å². The first-order chi connectivity index (χ1) is 9.88. The van der Waals surface area contributed by atoms with E-state index in [1.807, 2.05) is 18.2 Å². The molecule has 0 bridgehead atoms. The van der Waals surface area contributed by atoms with Gasteiger partial charge in [0.1, 0.15) is 6.61 Å². The predicted octanol–water partition coefficient (Wildman–Crippen LogP) is 1.77. The van der Waals surface area contributed by atoms with Crippen LogP contribution in [0.15, 0.2) is 18.2 Å². The molecule has 5 nitrogen and oxygen atoms in total. The highest BCUT2D eigenvalue weighted by molar-refractivity contribution is 5.15. The van der Waals surface area contributed by atoms with Gasteiger partial charge in [-0.25, -0.2) is 4.98 Å². The molecule has 0 saturated heterocycles. The molecule has 2 rings (SSSR count). The van der Waals surface area contributed by atoms with Crippen molar-refractivity contribution in [2.45, 2.75) is 31.8 Å². The van der Waals surface area contributed by atoms with E-state index < -0.39 is 0 Å². The van der Waals surface area contributed by atoms with Gasteiger partial charge in [-0.2, -0.15) is 0 Å². The lowest BCUT2D eigenvalue weighted by Crippen LogP contribution is -2.16. The van der Waals surface area contributed by atoms with Crippen molar-refractivity contribution in [1.82, 2.24) is 10.3 Å². The molecule has 112 valence electrons. The Labute approximate surface area is 120 Å². The normalized spacial score (nSPS) is 14.4. The number of hydrogen-bond donors (Lipinski definition) is 1. The molecule has 0 spiro atoms. The maximum atomic E-state index is 5.58. The summed E-state index contributed by atoms with van der Waals surface area (Å²) in [4.78, 5) is 4.46. The highest BCUT2D eigenvalue weighted by Gasteiger charge is 2.20. The minimum absolute atomic E-state index is 0.527. The average molecular weight is 280 g/mol. The van der Waals surface area contributed by atoms with Crippen molar-refractivity contribution in [3.63, 3.8) is 0 Å². The average Bonchev–Trinajstić information content (AvgIpc) is 3.29. The van der Waals surface area contributed by atoms with Gasteiger partial charge in [-0.15, -0.1) is 0 Å². The first-order valence-electron chi connectivity index (χ1n) is 7.27. The molecule has 5 heteroatoms. The lowest BCUT2D eigenvalue weighted by Gasteiger charge is -2.08. The topological polar surface area (TPSA) is 52.6 Å². The van der Waals surface area contributed by atoms with Crippen LogP contribution in [0.2, 0.25) is 0 Å². The van der Waals surface area contributed by atoms with Crippen molar-refractivity contribution < 1.29 is 14.2 Å². The van der Waals surface area contributed by atoms with Gasteiger partial charge in [-0.1, -0.05) is 6.07 Å². The van der Waals surface area contributed by atoms with Gasteiger partial charge in [-0.05, 0) is 25.3 Å². The summed E-state index contributed by atoms with van der Waals surface area (Å²) < 4.78 is 16.0. The molecular weight excluding hydrogens is 256 g/mol. The summed E-state index contributed by atoms with van der Waals surface area (Å²) in [6.45, 7) is 3.36. The zero-order valence-corrected chi connectivity index (χ0v) is 12.1. The summed E-state index contributed by atoms with van der Waals surface area (Å²) in [5, 5.41) is 3.44. The zero-order valence-electron chi connectivity index (χ0n) is 12.1. The van der Waals surface area contributed by atoms with E-state index in [1.165, 1.54) is 12.8 Å². The van der Waals surface area contributed by atoms with Crippen molar-refractivity contribution in [2.24, 2.45) is 0 Å². The molecule has 0 aromatic carbocycles. The number of hydrogen-bond acceptors (Lipinski definition) is 5. The van der Waals surface area contributed by atoms with Gasteiger partial charge in [0.2, 0.25) is 5.88 Å². The summed E-state index contributed by atoms with van der Waals surface area (Å²) in [7, 11) is 1.69. The number of pyridine rings is 1. The van der Waals surface area contributed by atoms with Gasteiger partial charge in [0.05, 0.1) is 12.3 Å². The largest absolute Gasteiger partial charge is 0.475 e. The second-order valence-electron chi connectivity index (χ2n) is 4.93. The van der Waals surface area contributed by atoms with Crippen molar-refractivity contribution >= 4 is 0 Å². The van der Waals surface area contributed by atoms with Crippen LogP contribution in [0.5, 0.6) is 5.88 Å².